The molecule has 2 N–H and O–H groups in total. The first-order valence-corrected chi connectivity index (χ1v) is 5.60. The normalized spacial score (nSPS) is 12.2. The molecule has 0 aliphatic rings. The summed E-state index contributed by atoms with van der Waals surface area (Å²) in [5, 5.41) is 5.53. The third-order valence-electron chi connectivity index (χ3n) is 2.17. The van der Waals surface area contributed by atoms with E-state index in [1.54, 1.807) is 6.20 Å². The third-order valence-corrected chi connectivity index (χ3v) is 2.17. The second-order valence-corrected chi connectivity index (χ2v) is 3.78. The smallest absolute Gasteiger partial charge is 0.315 e. The lowest BCUT2D eigenvalue weighted by molar-refractivity contribution is 0.235. The first kappa shape index (κ1) is 12.5. The number of amides is 2. The van der Waals surface area contributed by atoms with Gasteiger partial charge in [0.15, 0.2) is 0 Å². The molecule has 0 spiro atoms. The van der Waals surface area contributed by atoms with Gasteiger partial charge < -0.3 is 15.1 Å². The molecule has 1 unspecified atom stereocenters. The van der Waals surface area contributed by atoms with Gasteiger partial charge in [0.2, 0.25) is 5.89 Å². The number of nitrogens with one attached hydrogen (secondary N) is 2. The number of unbranched alkanes of at least 4 members (excludes halogenated alkanes) is 1. The van der Waals surface area contributed by atoms with Gasteiger partial charge in [-0.1, -0.05) is 13.3 Å². The summed E-state index contributed by atoms with van der Waals surface area (Å²) in [5.74, 6) is 1.28. The van der Waals surface area contributed by atoms with Crippen LogP contribution >= 0.6 is 0 Å². The Labute approximate surface area is 95.6 Å². The van der Waals surface area contributed by atoms with Gasteiger partial charge in [0.05, 0.1) is 6.20 Å². The highest BCUT2D eigenvalue weighted by atomic mass is 16.4. The molecule has 0 aromatic carbocycles. The molecule has 0 saturated carbocycles. The lowest BCUT2D eigenvalue weighted by Crippen LogP contribution is -2.37. The van der Waals surface area contributed by atoms with Crippen LogP contribution in [0.2, 0.25) is 0 Å². The van der Waals surface area contributed by atoms with Crippen LogP contribution in [0.3, 0.4) is 0 Å². The van der Waals surface area contributed by atoms with Gasteiger partial charge >= 0.3 is 6.03 Å². The number of hydrogen-bond acceptors (Lipinski definition) is 3. The van der Waals surface area contributed by atoms with Crippen molar-refractivity contribution in [1.82, 2.24) is 15.6 Å². The van der Waals surface area contributed by atoms with Crippen LogP contribution in [0.15, 0.2) is 10.6 Å². The van der Waals surface area contributed by atoms with Crippen molar-refractivity contribution in [2.45, 2.75) is 39.7 Å². The molecule has 16 heavy (non-hydrogen) atoms. The Kier molecular flexibility index (Phi) is 4.82. The van der Waals surface area contributed by atoms with E-state index in [2.05, 4.69) is 22.5 Å². The van der Waals surface area contributed by atoms with Crippen molar-refractivity contribution in [3.05, 3.63) is 17.8 Å². The monoisotopic (exact) mass is 225 g/mol. The van der Waals surface area contributed by atoms with Crippen LogP contribution in [-0.4, -0.2) is 17.6 Å². The summed E-state index contributed by atoms with van der Waals surface area (Å²) < 4.78 is 5.32. The summed E-state index contributed by atoms with van der Waals surface area (Å²) in [6.45, 7) is 6.44. The summed E-state index contributed by atoms with van der Waals surface area (Å²) in [5.41, 5.74) is 0. The Hall–Kier alpha value is -1.52. The van der Waals surface area contributed by atoms with Crippen LogP contribution in [0.5, 0.6) is 0 Å². The molecule has 90 valence electrons. The Balaban J connectivity index is 2.33. The maximum absolute atomic E-state index is 11.4. The highest BCUT2D eigenvalue weighted by molar-refractivity contribution is 5.74. The van der Waals surface area contributed by atoms with Crippen molar-refractivity contribution in [1.29, 1.82) is 0 Å². The quantitative estimate of drug-likeness (QED) is 0.754. The molecule has 1 atom stereocenters. The maximum Gasteiger partial charge on any atom is 0.315 e. The highest BCUT2D eigenvalue weighted by Crippen LogP contribution is 2.11. The first-order chi connectivity index (χ1) is 7.63. The predicted molar refractivity (Wildman–Crippen MR) is 61.1 cm³/mol. The Bertz CT molecular complexity index is 336. The van der Waals surface area contributed by atoms with E-state index in [0.717, 1.165) is 18.6 Å². The van der Waals surface area contributed by atoms with Gasteiger partial charge in [-0.15, -0.1) is 0 Å². The molecular weight excluding hydrogens is 206 g/mol. The minimum Gasteiger partial charge on any atom is -0.444 e. The Morgan fingerprint density at radius 1 is 1.62 bits per heavy atom. The summed E-state index contributed by atoms with van der Waals surface area (Å²) in [6.07, 6.45) is 3.69. The van der Waals surface area contributed by atoms with Gasteiger partial charge in [0, 0.05) is 6.54 Å². The minimum absolute atomic E-state index is 0.184. The zero-order valence-corrected chi connectivity index (χ0v) is 10.0. The first-order valence-electron chi connectivity index (χ1n) is 5.60. The van der Waals surface area contributed by atoms with E-state index in [0.29, 0.717) is 12.4 Å². The van der Waals surface area contributed by atoms with E-state index >= 15 is 0 Å². The summed E-state index contributed by atoms with van der Waals surface area (Å²) >= 11 is 0. The summed E-state index contributed by atoms with van der Waals surface area (Å²) in [4.78, 5) is 15.5. The van der Waals surface area contributed by atoms with E-state index in [1.807, 2.05) is 13.8 Å². The lowest BCUT2D eigenvalue weighted by Gasteiger charge is -2.11. The number of rotatable bonds is 5. The summed E-state index contributed by atoms with van der Waals surface area (Å²) in [6, 6.07) is -0.396. The topological polar surface area (TPSA) is 67.2 Å². The molecule has 1 heterocycles. The maximum atomic E-state index is 11.4. The molecule has 2 amide bonds. The van der Waals surface area contributed by atoms with Crippen molar-refractivity contribution in [2.75, 3.05) is 6.54 Å². The molecule has 5 nitrogen and oxygen atoms in total. The molecule has 0 aliphatic heterocycles. The lowest BCUT2D eigenvalue weighted by atomic mass is 10.3. The molecule has 0 aliphatic carbocycles. The number of carbonyl (C=O) groups is 1. The molecular formula is C11H19N3O2. The Morgan fingerprint density at radius 3 is 2.94 bits per heavy atom. The van der Waals surface area contributed by atoms with Crippen LogP contribution in [0.1, 0.15) is 44.4 Å². The second kappa shape index (κ2) is 6.15. The van der Waals surface area contributed by atoms with Crippen LogP contribution in [0.25, 0.3) is 0 Å². The fourth-order valence-corrected chi connectivity index (χ4v) is 1.26. The molecule has 0 fully saturated rings. The molecule has 0 radical (unpaired) electrons. The van der Waals surface area contributed by atoms with E-state index in [9.17, 15) is 4.79 Å². The van der Waals surface area contributed by atoms with Gasteiger partial charge in [-0.05, 0) is 20.3 Å². The molecule has 1 aromatic rings. The number of aromatic nitrogens is 1. The van der Waals surface area contributed by atoms with Gasteiger partial charge in [-0.3, -0.25) is 0 Å². The second-order valence-electron chi connectivity index (χ2n) is 3.78. The van der Waals surface area contributed by atoms with Gasteiger partial charge in [-0.25, -0.2) is 9.78 Å². The Morgan fingerprint density at radius 2 is 2.38 bits per heavy atom. The van der Waals surface area contributed by atoms with Crippen LogP contribution in [0.4, 0.5) is 4.79 Å². The number of carbonyl (C=O) groups excluding carboxylic acids is 1. The number of oxazole rings is 1. The average Bonchev–Trinajstić information content (AvgIpc) is 2.65. The van der Waals surface area contributed by atoms with Gasteiger partial charge in [0.1, 0.15) is 11.8 Å². The molecule has 1 aromatic heterocycles. The molecule has 0 saturated heterocycles. The van der Waals surface area contributed by atoms with E-state index in [-0.39, 0.29) is 12.1 Å². The fourth-order valence-electron chi connectivity index (χ4n) is 1.26. The molecule has 5 heteroatoms. The summed E-state index contributed by atoms with van der Waals surface area (Å²) in [7, 11) is 0. The van der Waals surface area contributed by atoms with Crippen molar-refractivity contribution < 1.29 is 9.21 Å². The standard InChI is InChI=1S/C11H19N3O2/c1-4-5-6-12-11(15)14-9(3)10-13-7-8(2)16-10/h7,9H,4-6H2,1-3H3,(H2,12,14,15). The van der Waals surface area contributed by atoms with Gasteiger partial charge in [-0.2, -0.15) is 0 Å². The van der Waals surface area contributed by atoms with Crippen molar-refractivity contribution >= 4 is 6.03 Å². The zero-order valence-electron chi connectivity index (χ0n) is 10.0. The highest BCUT2D eigenvalue weighted by Gasteiger charge is 2.13. The van der Waals surface area contributed by atoms with Crippen molar-refractivity contribution in [3.8, 4) is 0 Å². The van der Waals surface area contributed by atoms with Gasteiger partial charge in [0.25, 0.3) is 0 Å². The fraction of sp³-hybridized carbons (Fsp3) is 0.636. The number of urea groups is 1. The minimum atomic E-state index is -0.213. The van der Waals surface area contributed by atoms with Crippen LogP contribution in [0, 0.1) is 6.92 Å². The number of aryl methyl sites for hydroxylation is 1. The largest absolute Gasteiger partial charge is 0.444 e. The van der Waals surface area contributed by atoms with Crippen molar-refractivity contribution in [3.63, 3.8) is 0 Å². The van der Waals surface area contributed by atoms with Crippen molar-refractivity contribution in [2.24, 2.45) is 0 Å². The number of nitrogens with zero attached hydrogens (tertiary/aromatic N) is 1. The number of hydrogen-bond donors (Lipinski definition) is 2. The third kappa shape index (κ3) is 3.92. The SMILES string of the molecule is CCCCNC(=O)NC(C)c1ncc(C)o1. The van der Waals surface area contributed by atoms with E-state index in [1.165, 1.54) is 0 Å². The molecule has 0 bridgehead atoms. The zero-order chi connectivity index (χ0) is 12.0. The predicted octanol–water partition coefficient (Wildman–Crippen LogP) is 2.14. The average molecular weight is 225 g/mol. The van der Waals surface area contributed by atoms with Crippen LogP contribution in [-0.2, 0) is 0 Å². The van der Waals surface area contributed by atoms with Crippen LogP contribution < -0.4 is 10.6 Å². The molecule has 1 rings (SSSR count). The van der Waals surface area contributed by atoms with E-state index < -0.39 is 0 Å². The van der Waals surface area contributed by atoms with E-state index in [4.69, 9.17) is 4.42 Å².